The Morgan fingerprint density at radius 2 is 1.71 bits per heavy atom. The fraction of sp³-hybridized carbons (Fsp3) is 0.280. The molecule has 176 valence electrons. The molecule has 0 unspecified atom stereocenters. The number of aromatic nitrogens is 2. The van der Waals surface area contributed by atoms with E-state index in [9.17, 15) is 18.8 Å². The molecule has 0 spiro atoms. The molecule has 1 heterocycles. The quantitative estimate of drug-likeness (QED) is 0.494. The lowest BCUT2D eigenvalue weighted by molar-refractivity contribution is 0.0470. The molecule has 3 rings (SSSR count). The summed E-state index contributed by atoms with van der Waals surface area (Å²) in [6, 6.07) is 12.6. The lowest BCUT2D eigenvalue weighted by atomic mass is 9.93. The van der Waals surface area contributed by atoms with E-state index in [0.29, 0.717) is 11.3 Å². The summed E-state index contributed by atoms with van der Waals surface area (Å²) in [7, 11) is 0. The minimum atomic E-state index is -1.00. The fourth-order valence-corrected chi connectivity index (χ4v) is 3.12. The summed E-state index contributed by atoms with van der Waals surface area (Å²) in [4.78, 5) is 20.7. The SMILES string of the molecule is CC(C)(C)OC(=O)NC(C)(C)c1ccc(-c2nc(Nc3ccc(F)c(F)c3)ncc2C#N)cc1. The van der Waals surface area contributed by atoms with Crippen molar-refractivity contribution in [3.8, 4) is 17.3 Å². The number of nitrogens with one attached hydrogen (secondary N) is 2. The number of carbonyl (C=O) groups excluding carboxylic acids is 1. The van der Waals surface area contributed by atoms with Gasteiger partial charge in [-0.25, -0.2) is 23.5 Å². The third-order valence-electron chi connectivity index (χ3n) is 4.78. The summed E-state index contributed by atoms with van der Waals surface area (Å²) in [5.74, 6) is -1.84. The van der Waals surface area contributed by atoms with E-state index in [1.54, 1.807) is 32.9 Å². The zero-order valence-corrected chi connectivity index (χ0v) is 19.5. The summed E-state index contributed by atoms with van der Waals surface area (Å²) in [5, 5.41) is 15.2. The normalized spacial score (nSPS) is 11.5. The molecule has 34 heavy (non-hydrogen) atoms. The molecule has 7 nitrogen and oxygen atoms in total. The van der Waals surface area contributed by atoms with Crippen LogP contribution in [-0.2, 0) is 10.3 Å². The minimum Gasteiger partial charge on any atom is -0.444 e. The maximum atomic E-state index is 13.5. The van der Waals surface area contributed by atoms with Crippen LogP contribution in [0.4, 0.5) is 25.2 Å². The predicted molar refractivity (Wildman–Crippen MR) is 124 cm³/mol. The van der Waals surface area contributed by atoms with Gasteiger partial charge in [-0.15, -0.1) is 0 Å². The smallest absolute Gasteiger partial charge is 0.408 e. The molecule has 0 bridgehead atoms. The predicted octanol–water partition coefficient (Wildman–Crippen LogP) is 5.80. The molecule has 0 aliphatic carbocycles. The maximum Gasteiger partial charge on any atom is 0.408 e. The number of halogens is 2. The van der Waals surface area contributed by atoms with E-state index < -0.39 is 28.9 Å². The second kappa shape index (κ2) is 9.43. The first-order valence-electron chi connectivity index (χ1n) is 10.5. The van der Waals surface area contributed by atoms with Crippen molar-refractivity contribution in [1.29, 1.82) is 5.26 Å². The topological polar surface area (TPSA) is 99.9 Å². The number of hydrogen-bond acceptors (Lipinski definition) is 6. The van der Waals surface area contributed by atoms with E-state index in [-0.39, 0.29) is 17.2 Å². The molecule has 0 radical (unpaired) electrons. The number of alkyl carbamates (subject to hydrolysis) is 1. The van der Waals surface area contributed by atoms with Crippen LogP contribution in [0.5, 0.6) is 0 Å². The van der Waals surface area contributed by atoms with E-state index in [4.69, 9.17) is 4.74 Å². The number of benzene rings is 2. The van der Waals surface area contributed by atoms with Gasteiger partial charge in [0, 0.05) is 17.3 Å². The van der Waals surface area contributed by atoms with Crippen LogP contribution < -0.4 is 10.6 Å². The largest absolute Gasteiger partial charge is 0.444 e. The van der Waals surface area contributed by atoms with Crippen molar-refractivity contribution in [3.05, 3.63) is 71.4 Å². The molecule has 1 amide bonds. The highest BCUT2D eigenvalue weighted by Crippen LogP contribution is 2.27. The van der Waals surface area contributed by atoms with Crippen molar-refractivity contribution in [2.24, 2.45) is 0 Å². The summed E-state index contributed by atoms with van der Waals surface area (Å²) in [6.45, 7) is 9.07. The molecule has 9 heteroatoms. The Kier molecular flexibility index (Phi) is 6.82. The highest BCUT2D eigenvalue weighted by Gasteiger charge is 2.26. The van der Waals surface area contributed by atoms with Gasteiger partial charge in [0.25, 0.3) is 0 Å². The Morgan fingerprint density at radius 3 is 2.29 bits per heavy atom. The zero-order valence-electron chi connectivity index (χ0n) is 19.5. The Bertz CT molecular complexity index is 1250. The van der Waals surface area contributed by atoms with Gasteiger partial charge < -0.3 is 15.4 Å². The van der Waals surface area contributed by atoms with Crippen molar-refractivity contribution in [1.82, 2.24) is 15.3 Å². The fourth-order valence-electron chi connectivity index (χ4n) is 3.12. The van der Waals surface area contributed by atoms with Crippen LogP contribution in [0.3, 0.4) is 0 Å². The number of carbonyl (C=O) groups is 1. The Labute approximate surface area is 196 Å². The first-order chi connectivity index (χ1) is 15.9. The Morgan fingerprint density at radius 1 is 1.03 bits per heavy atom. The van der Waals surface area contributed by atoms with Gasteiger partial charge in [0.05, 0.1) is 23.0 Å². The van der Waals surface area contributed by atoms with Gasteiger partial charge >= 0.3 is 6.09 Å². The average Bonchev–Trinajstić information content (AvgIpc) is 2.74. The second-order valence-corrected chi connectivity index (χ2v) is 9.15. The van der Waals surface area contributed by atoms with E-state index in [0.717, 1.165) is 17.7 Å². The molecular formula is C25H25F2N5O2. The van der Waals surface area contributed by atoms with Crippen molar-refractivity contribution < 1.29 is 18.3 Å². The molecule has 2 N–H and O–H groups in total. The molecule has 0 saturated heterocycles. The minimum absolute atomic E-state index is 0.121. The van der Waals surface area contributed by atoms with Crippen LogP contribution in [0.1, 0.15) is 45.7 Å². The molecule has 0 saturated carbocycles. The summed E-state index contributed by atoms with van der Waals surface area (Å²) in [6.07, 6.45) is 0.823. The molecule has 2 aromatic carbocycles. The van der Waals surface area contributed by atoms with Gasteiger partial charge in [-0.2, -0.15) is 5.26 Å². The summed E-state index contributed by atoms with van der Waals surface area (Å²) in [5.41, 5.74) is 1.00. The Balaban J connectivity index is 1.85. The van der Waals surface area contributed by atoms with Crippen LogP contribution in [0, 0.1) is 23.0 Å². The van der Waals surface area contributed by atoms with Crippen molar-refractivity contribution in [2.45, 2.75) is 45.8 Å². The van der Waals surface area contributed by atoms with Crippen LogP contribution in [0.2, 0.25) is 0 Å². The summed E-state index contributed by atoms with van der Waals surface area (Å²) >= 11 is 0. The number of ether oxygens (including phenoxy) is 1. The Hall–Kier alpha value is -4.06. The van der Waals surface area contributed by atoms with E-state index in [2.05, 4.69) is 26.7 Å². The number of anilines is 2. The van der Waals surface area contributed by atoms with Gasteiger partial charge in [0.2, 0.25) is 5.95 Å². The highest BCUT2D eigenvalue weighted by atomic mass is 19.2. The third kappa shape index (κ3) is 6.04. The maximum absolute atomic E-state index is 13.5. The molecule has 1 aromatic heterocycles. The number of hydrogen-bond donors (Lipinski definition) is 2. The monoisotopic (exact) mass is 465 g/mol. The van der Waals surface area contributed by atoms with Crippen LogP contribution in [0.25, 0.3) is 11.3 Å². The molecule has 0 fully saturated rings. The standard InChI is InChI=1S/C25H25F2N5O2/c1-24(2,3)34-23(33)32-25(4,5)17-8-6-15(7-9-17)21-16(13-28)14-29-22(31-21)30-18-10-11-19(26)20(27)12-18/h6-12,14H,1-5H3,(H,32,33)(H,29,30,31). The number of nitriles is 1. The van der Waals surface area contributed by atoms with Crippen molar-refractivity contribution in [2.75, 3.05) is 5.32 Å². The van der Waals surface area contributed by atoms with Crippen LogP contribution in [0.15, 0.2) is 48.7 Å². The van der Waals surface area contributed by atoms with E-state index >= 15 is 0 Å². The molecule has 0 atom stereocenters. The lowest BCUT2D eigenvalue weighted by Crippen LogP contribution is -2.43. The van der Waals surface area contributed by atoms with Crippen molar-refractivity contribution in [3.63, 3.8) is 0 Å². The second-order valence-electron chi connectivity index (χ2n) is 9.15. The molecule has 0 aliphatic heterocycles. The van der Waals surface area contributed by atoms with Crippen LogP contribution in [-0.4, -0.2) is 21.7 Å². The zero-order chi connectivity index (χ0) is 25.1. The summed E-state index contributed by atoms with van der Waals surface area (Å²) < 4.78 is 32.0. The van der Waals surface area contributed by atoms with Gasteiger partial charge in [-0.05, 0) is 52.3 Å². The molecule has 3 aromatic rings. The van der Waals surface area contributed by atoms with Gasteiger partial charge in [-0.3, -0.25) is 0 Å². The van der Waals surface area contributed by atoms with E-state index in [1.165, 1.54) is 12.3 Å². The number of rotatable bonds is 5. The third-order valence-corrected chi connectivity index (χ3v) is 4.78. The van der Waals surface area contributed by atoms with Gasteiger partial charge in [0.1, 0.15) is 11.7 Å². The first kappa shape index (κ1) is 24.6. The van der Waals surface area contributed by atoms with Gasteiger partial charge in [-0.1, -0.05) is 24.3 Å². The highest BCUT2D eigenvalue weighted by molar-refractivity contribution is 5.70. The molecular weight excluding hydrogens is 440 g/mol. The first-order valence-corrected chi connectivity index (χ1v) is 10.5. The average molecular weight is 466 g/mol. The number of nitrogens with zero attached hydrogens (tertiary/aromatic N) is 3. The van der Waals surface area contributed by atoms with Gasteiger partial charge in [0.15, 0.2) is 11.6 Å². The van der Waals surface area contributed by atoms with E-state index in [1.807, 2.05) is 26.0 Å². The number of amides is 1. The van der Waals surface area contributed by atoms with Crippen LogP contribution >= 0.6 is 0 Å². The molecule has 0 aliphatic rings. The lowest BCUT2D eigenvalue weighted by Gasteiger charge is -2.29. The van der Waals surface area contributed by atoms with Crippen molar-refractivity contribution >= 4 is 17.7 Å².